The van der Waals surface area contributed by atoms with Crippen LogP contribution in [0, 0.1) is 0 Å². The fourth-order valence-electron chi connectivity index (χ4n) is 3.59. The number of carbonyl (C=O) groups excluding carboxylic acids is 1. The van der Waals surface area contributed by atoms with Gasteiger partial charge in [0.05, 0.1) is 13.2 Å². The molecule has 1 atom stereocenters. The van der Waals surface area contributed by atoms with Crippen molar-refractivity contribution in [2.45, 2.75) is 12.0 Å². The van der Waals surface area contributed by atoms with Crippen LogP contribution in [0.1, 0.15) is 15.9 Å². The second-order valence-electron chi connectivity index (χ2n) is 7.16. The molecule has 0 bridgehead atoms. The summed E-state index contributed by atoms with van der Waals surface area (Å²) in [5, 5.41) is 0. The third kappa shape index (κ3) is 4.12. The van der Waals surface area contributed by atoms with Gasteiger partial charge < -0.3 is 9.64 Å². The Balaban J connectivity index is 1.86. The molecule has 1 aliphatic heterocycles. The summed E-state index contributed by atoms with van der Waals surface area (Å²) in [5.41, 5.74) is 2.18. The SMILES string of the molecule is C=CC(Cc1ccccc1)(C(=O)c1ccc(N2CCOCC2)cc1)N(C)C. The van der Waals surface area contributed by atoms with E-state index in [0.717, 1.165) is 37.6 Å². The summed E-state index contributed by atoms with van der Waals surface area (Å²) < 4.78 is 5.41. The van der Waals surface area contributed by atoms with Gasteiger partial charge in [0.2, 0.25) is 0 Å². The topological polar surface area (TPSA) is 32.8 Å². The van der Waals surface area contributed by atoms with Crippen molar-refractivity contribution in [1.82, 2.24) is 4.90 Å². The number of anilines is 1. The summed E-state index contributed by atoms with van der Waals surface area (Å²) in [4.78, 5) is 17.7. The van der Waals surface area contributed by atoms with Crippen LogP contribution in [0.3, 0.4) is 0 Å². The molecule has 4 heteroatoms. The van der Waals surface area contributed by atoms with Gasteiger partial charge in [0.15, 0.2) is 5.78 Å². The van der Waals surface area contributed by atoms with Crippen LogP contribution in [0.4, 0.5) is 5.69 Å². The molecule has 2 aromatic carbocycles. The quantitative estimate of drug-likeness (QED) is 0.557. The van der Waals surface area contributed by atoms with Crippen LogP contribution < -0.4 is 4.90 Å². The fourth-order valence-corrected chi connectivity index (χ4v) is 3.59. The lowest BCUT2D eigenvalue weighted by Crippen LogP contribution is -2.51. The first kappa shape index (κ1) is 19.3. The maximum atomic E-state index is 13.5. The number of ether oxygens (including phenoxy) is 1. The van der Waals surface area contributed by atoms with E-state index in [9.17, 15) is 4.79 Å². The number of Topliss-reactive ketones (excluding diaryl/α,β-unsaturated/α-hetero) is 1. The first-order chi connectivity index (χ1) is 13.1. The van der Waals surface area contributed by atoms with Crippen LogP contribution in [0.2, 0.25) is 0 Å². The highest BCUT2D eigenvalue weighted by Gasteiger charge is 2.38. The molecule has 27 heavy (non-hydrogen) atoms. The van der Waals surface area contributed by atoms with Crippen molar-refractivity contribution >= 4 is 11.5 Å². The summed E-state index contributed by atoms with van der Waals surface area (Å²) in [7, 11) is 3.87. The molecule has 142 valence electrons. The van der Waals surface area contributed by atoms with E-state index < -0.39 is 5.54 Å². The molecule has 1 unspecified atom stereocenters. The van der Waals surface area contributed by atoms with E-state index >= 15 is 0 Å². The predicted molar refractivity (Wildman–Crippen MR) is 111 cm³/mol. The van der Waals surface area contributed by atoms with Gasteiger partial charge in [0.25, 0.3) is 0 Å². The van der Waals surface area contributed by atoms with Crippen LogP contribution in [-0.4, -0.2) is 56.6 Å². The maximum Gasteiger partial charge on any atom is 0.187 e. The molecular weight excluding hydrogens is 336 g/mol. The highest BCUT2D eigenvalue weighted by molar-refractivity contribution is 6.05. The van der Waals surface area contributed by atoms with Gasteiger partial charge in [-0.05, 0) is 43.9 Å². The Morgan fingerprint density at radius 3 is 2.30 bits per heavy atom. The first-order valence-corrected chi connectivity index (χ1v) is 9.39. The van der Waals surface area contributed by atoms with E-state index in [1.54, 1.807) is 6.08 Å². The first-order valence-electron chi connectivity index (χ1n) is 9.39. The number of hydrogen-bond acceptors (Lipinski definition) is 4. The molecule has 0 amide bonds. The molecule has 1 fully saturated rings. The Morgan fingerprint density at radius 2 is 1.74 bits per heavy atom. The average molecular weight is 364 g/mol. The summed E-state index contributed by atoms with van der Waals surface area (Å²) in [6, 6.07) is 18.0. The van der Waals surface area contributed by atoms with Crippen molar-refractivity contribution in [3.8, 4) is 0 Å². The Morgan fingerprint density at radius 1 is 1.11 bits per heavy atom. The van der Waals surface area contributed by atoms with Crippen molar-refractivity contribution in [3.05, 3.63) is 78.4 Å². The lowest BCUT2D eigenvalue weighted by molar-refractivity contribution is 0.0774. The molecule has 1 aliphatic rings. The minimum atomic E-state index is -0.776. The number of morpholine rings is 1. The van der Waals surface area contributed by atoms with Crippen LogP contribution in [-0.2, 0) is 11.2 Å². The van der Waals surface area contributed by atoms with Crippen LogP contribution in [0.25, 0.3) is 0 Å². The molecule has 0 N–H and O–H groups in total. The van der Waals surface area contributed by atoms with E-state index in [2.05, 4.69) is 23.6 Å². The number of nitrogens with zero attached hydrogens (tertiary/aromatic N) is 2. The zero-order valence-electron chi connectivity index (χ0n) is 16.2. The molecule has 0 aliphatic carbocycles. The van der Waals surface area contributed by atoms with Gasteiger partial charge in [-0.3, -0.25) is 9.69 Å². The van der Waals surface area contributed by atoms with Crippen molar-refractivity contribution < 1.29 is 9.53 Å². The van der Waals surface area contributed by atoms with Gasteiger partial charge in [0, 0.05) is 30.8 Å². The lowest BCUT2D eigenvalue weighted by atomic mass is 9.82. The van der Waals surface area contributed by atoms with E-state index in [-0.39, 0.29) is 5.78 Å². The minimum absolute atomic E-state index is 0.0693. The van der Waals surface area contributed by atoms with Gasteiger partial charge in [-0.15, -0.1) is 6.58 Å². The lowest BCUT2D eigenvalue weighted by Gasteiger charge is -2.36. The zero-order valence-corrected chi connectivity index (χ0v) is 16.2. The van der Waals surface area contributed by atoms with Crippen LogP contribution in [0.15, 0.2) is 67.3 Å². The number of ketones is 1. The predicted octanol–water partition coefficient (Wildman–Crippen LogP) is 3.44. The Bertz CT molecular complexity index is 765. The van der Waals surface area contributed by atoms with Gasteiger partial charge in [0.1, 0.15) is 5.54 Å². The minimum Gasteiger partial charge on any atom is -0.378 e. The largest absolute Gasteiger partial charge is 0.378 e. The van der Waals surface area contributed by atoms with Crippen molar-refractivity contribution in [2.24, 2.45) is 0 Å². The average Bonchev–Trinajstić information content (AvgIpc) is 2.73. The van der Waals surface area contributed by atoms with E-state index in [1.807, 2.05) is 61.5 Å². The van der Waals surface area contributed by atoms with Crippen molar-refractivity contribution in [2.75, 3.05) is 45.3 Å². The molecular formula is C23H28N2O2. The molecule has 4 nitrogen and oxygen atoms in total. The summed E-state index contributed by atoms with van der Waals surface area (Å²) in [5.74, 6) is 0.0693. The van der Waals surface area contributed by atoms with Crippen molar-refractivity contribution in [1.29, 1.82) is 0 Å². The summed E-state index contributed by atoms with van der Waals surface area (Å²) in [6.07, 6.45) is 2.37. The van der Waals surface area contributed by atoms with Gasteiger partial charge in [-0.2, -0.15) is 0 Å². The highest BCUT2D eigenvalue weighted by atomic mass is 16.5. The summed E-state index contributed by atoms with van der Waals surface area (Å²) >= 11 is 0. The Hall–Kier alpha value is -2.43. The molecule has 1 heterocycles. The molecule has 3 rings (SSSR count). The number of carbonyl (C=O) groups is 1. The Kier molecular flexibility index (Phi) is 6.09. The summed E-state index contributed by atoms with van der Waals surface area (Å²) in [6.45, 7) is 7.27. The number of likely N-dealkylation sites (N-methyl/N-ethyl adjacent to an activating group) is 1. The highest BCUT2D eigenvalue weighted by Crippen LogP contribution is 2.27. The van der Waals surface area contributed by atoms with Gasteiger partial charge in [-0.25, -0.2) is 0 Å². The molecule has 0 aromatic heterocycles. The molecule has 1 saturated heterocycles. The number of rotatable bonds is 7. The van der Waals surface area contributed by atoms with E-state index in [1.165, 1.54) is 0 Å². The zero-order chi connectivity index (χ0) is 19.3. The van der Waals surface area contributed by atoms with Crippen molar-refractivity contribution in [3.63, 3.8) is 0 Å². The molecule has 2 aromatic rings. The monoisotopic (exact) mass is 364 g/mol. The van der Waals surface area contributed by atoms with E-state index in [4.69, 9.17) is 4.74 Å². The van der Waals surface area contributed by atoms with E-state index in [0.29, 0.717) is 12.0 Å². The maximum absolute atomic E-state index is 13.5. The van der Waals surface area contributed by atoms with Crippen LogP contribution >= 0.6 is 0 Å². The van der Waals surface area contributed by atoms with Crippen LogP contribution in [0.5, 0.6) is 0 Å². The van der Waals surface area contributed by atoms with Gasteiger partial charge in [-0.1, -0.05) is 36.4 Å². The molecule has 0 radical (unpaired) electrons. The second kappa shape index (κ2) is 8.51. The number of benzene rings is 2. The Labute approximate surface area is 162 Å². The second-order valence-corrected chi connectivity index (χ2v) is 7.16. The fraction of sp³-hybridized carbons (Fsp3) is 0.348. The molecule has 0 spiro atoms. The van der Waals surface area contributed by atoms with Gasteiger partial charge >= 0.3 is 0 Å². The smallest absolute Gasteiger partial charge is 0.187 e. The standard InChI is InChI=1S/C23H28N2O2/c1-4-23(24(2)3,18-19-8-6-5-7-9-19)22(26)20-10-12-21(13-11-20)25-14-16-27-17-15-25/h4-13H,1,14-18H2,2-3H3. The molecule has 0 saturated carbocycles. The third-order valence-electron chi connectivity index (χ3n) is 5.35. The number of hydrogen-bond donors (Lipinski definition) is 0. The normalized spacial score (nSPS) is 16.8. The third-order valence-corrected chi connectivity index (χ3v) is 5.35.